The number of halogens is 1. The Kier molecular flexibility index (Phi) is 4.22. The van der Waals surface area contributed by atoms with E-state index in [2.05, 4.69) is 5.32 Å². The highest BCUT2D eigenvalue weighted by molar-refractivity contribution is 6.18. The number of rotatable bonds is 2. The topological polar surface area (TPSA) is 32.3 Å². The monoisotopic (exact) mass is 190 g/mol. The third-order valence-corrected chi connectivity index (χ3v) is 2.20. The van der Waals surface area contributed by atoms with Gasteiger partial charge >= 0.3 is 6.03 Å². The van der Waals surface area contributed by atoms with Crippen molar-refractivity contribution in [1.29, 1.82) is 0 Å². The molecule has 0 atom stereocenters. The predicted molar refractivity (Wildman–Crippen MR) is 49.5 cm³/mol. The van der Waals surface area contributed by atoms with Gasteiger partial charge in [0.2, 0.25) is 0 Å². The number of carbonyl (C=O) groups is 1. The average Bonchev–Trinajstić information content (AvgIpc) is 2.15. The first kappa shape index (κ1) is 9.65. The lowest BCUT2D eigenvalue weighted by atomic mass is 10.1. The SMILES string of the molecule is O=C(NCCCl)N1CCCCC1. The first-order chi connectivity index (χ1) is 5.84. The molecule has 4 heteroatoms. The second kappa shape index (κ2) is 5.25. The number of likely N-dealkylation sites (tertiary alicyclic amines) is 1. The van der Waals surface area contributed by atoms with E-state index >= 15 is 0 Å². The molecule has 0 radical (unpaired) electrons. The summed E-state index contributed by atoms with van der Waals surface area (Å²) < 4.78 is 0. The molecule has 1 fully saturated rings. The maximum absolute atomic E-state index is 11.3. The molecule has 1 rings (SSSR count). The largest absolute Gasteiger partial charge is 0.337 e. The Hall–Kier alpha value is -0.440. The van der Waals surface area contributed by atoms with Gasteiger partial charge in [-0.25, -0.2) is 4.79 Å². The Morgan fingerprint density at radius 3 is 2.58 bits per heavy atom. The lowest BCUT2D eigenvalue weighted by molar-refractivity contribution is 0.187. The molecule has 70 valence electrons. The Labute approximate surface area is 78.1 Å². The van der Waals surface area contributed by atoms with E-state index in [-0.39, 0.29) is 6.03 Å². The zero-order chi connectivity index (χ0) is 8.81. The van der Waals surface area contributed by atoms with Gasteiger partial charge in [-0.3, -0.25) is 0 Å². The van der Waals surface area contributed by atoms with Gasteiger partial charge in [-0.05, 0) is 19.3 Å². The van der Waals surface area contributed by atoms with Crippen LogP contribution in [0.15, 0.2) is 0 Å². The minimum absolute atomic E-state index is 0.0374. The van der Waals surface area contributed by atoms with Gasteiger partial charge in [0.15, 0.2) is 0 Å². The van der Waals surface area contributed by atoms with Crippen molar-refractivity contribution in [2.75, 3.05) is 25.5 Å². The van der Waals surface area contributed by atoms with Gasteiger partial charge in [-0.2, -0.15) is 0 Å². The molecule has 1 aliphatic heterocycles. The van der Waals surface area contributed by atoms with Crippen molar-refractivity contribution in [3.63, 3.8) is 0 Å². The van der Waals surface area contributed by atoms with Crippen LogP contribution in [0.3, 0.4) is 0 Å². The highest BCUT2D eigenvalue weighted by Gasteiger charge is 2.14. The van der Waals surface area contributed by atoms with Gasteiger partial charge in [0, 0.05) is 25.5 Å². The number of nitrogens with one attached hydrogen (secondary N) is 1. The first-order valence-corrected chi connectivity index (χ1v) is 4.97. The average molecular weight is 191 g/mol. The number of amides is 2. The number of nitrogens with zero attached hydrogens (tertiary/aromatic N) is 1. The second-order valence-electron chi connectivity index (χ2n) is 2.97. The third kappa shape index (κ3) is 2.89. The number of hydrogen-bond donors (Lipinski definition) is 1. The molecule has 0 aromatic rings. The van der Waals surface area contributed by atoms with Crippen molar-refractivity contribution in [3.05, 3.63) is 0 Å². The summed E-state index contributed by atoms with van der Waals surface area (Å²) >= 11 is 5.45. The fraction of sp³-hybridized carbons (Fsp3) is 0.875. The van der Waals surface area contributed by atoms with E-state index < -0.39 is 0 Å². The van der Waals surface area contributed by atoms with Crippen molar-refractivity contribution in [2.45, 2.75) is 19.3 Å². The van der Waals surface area contributed by atoms with Crippen molar-refractivity contribution in [3.8, 4) is 0 Å². The van der Waals surface area contributed by atoms with Crippen LogP contribution in [0.1, 0.15) is 19.3 Å². The molecule has 0 saturated carbocycles. The molecule has 0 aliphatic carbocycles. The minimum atomic E-state index is 0.0374. The smallest absolute Gasteiger partial charge is 0.317 e. The molecule has 3 nitrogen and oxygen atoms in total. The summed E-state index contributed by atoms with van der Waals surface area (Å²) in [6.07, 6.45) is 3.52. The summed E-state index contributed by atoms with van der Waals surface area (Å²) in [5.74, 6) is 0.486. The lowest BCUT2D eigenvalue weighted by Crippen LogP contribution is -2.43. The Morgan fingerprint density at radius 1 is 1.33 bits per heavy atom. The molecule has 0 bridgehead atoms. The highest BCUT2D eigenvalue weighted by Crippen LogP contribution is 2.07. The fourth-order valence-corrected chi connectivity index (χ4v) is 1.46. The fourth-order valence-electron chi connectivity index (χ4n) is 1.36. The van der Waals surface area contributed by atoms with Crippen molar-refractivity contribution in [1.82, 2.24) is 10.2 Å². The summed E-state index contributed by atoms with van der Waals surface area (Å²) in [7, 11) is 0. The summed E-state index contributed by atoms with van der Waals surface area (Å²) in [5.41, 5.74) is 0. The molecule has 12 heavy (non-hydrogen) atoms. The van der Waals surface area contributed by atoms with E-state index in [0.717, 1.165) is 25.9 Å². The third-order valence-electron chi connectivity index (χ3n) is 2.01. The van der Waals surface area contributed by atoms with E-state index in [9.17, 15) is 4.79 Å². The van der Waals surface area contributed by atoms with Crippen LogP contribution in [0.5, 0.6) is 0 Å². The van der Waals surface area contributed by atoms with Crippen LogP contribution < -0.4 is 5.32 Å². The van der Waals surface area contributed by atoms with E-state index in [1.165, 1.54) is 6.42 Å². The van der Waals surface area contributed by atoms with Crippen molar-refractivity contribution in [2.24, 2.45) is 0 Å². The number of hydrogen-bond acceptors (Lipinski definition) is 1. The molecule has 1 heterocycles. The van der Waals surface area contributed by atoms with Gasteiger partial charge in [0.25, 0.3) is 0 Å². The second-order valence-corrected chi connectivity index (χ2v) is 3.35. The molecule has 1 N–H and O–H groups in total. The van der Waals surface area contributed by atoms with Gasteiger partial charge < -0.3 is 10.2 Å². The predicted octanol–water partition coefficient (Wildman–Crippen LogP) is 1.42. The molecule has 0 aromatic heterocycles. The van der Waals surface area contributed by atoms with Gasteiger partial charge in [0.1, 0.15) is 0 Å². The molecular formula is C8H15ClN2O. The van der Waals surface area contributed by atoms with Crippen LogP contribution in [-0.4, -0.2) is 36.4 Å². The zero-order valence-corrected chi connectivity index (χ0v) is 7.94. The molecule has 0 unspecified atom stereocenters. The standard InChI is InChI=1S/C8H15ClN2O/c9-4-5-10-8(12)11-6-2-1-3-7-11/h1-7H2,(H,10,12). The quantitative estimate of drug-likeness (QED) is 0.657. The maximum atomic E-state index is 11.3. The van der Waals surface area contributed by atoms with E-state index in [1.807, 2.05) is 4.90 Å². The van der Waals surface area contributed by atoms with E-state index in [4.69, 9.17) is 11.6 Å². The molecule has 1 saturated heterocycles. The normalized spacial score (nSPS) is 17.6. The zero-order valence-electron chi connectivity index (χ0n) is 7.18. The lowest BCUT2D eigenvalue weighted by Gasteiger charge is -2.26. The van der Waals surface area contributed by atoms with Gasteiger partial charge in [-0.1, -0.05) is 0 Å². The summed E-state index contributed by atoms with van der Waals surface area (Å²) in [4.78, 5) is 13.2. The van der Waals surface area contributed by atoms with E-state index in [0.29, 0.717) is 12.4 Å². The van der Waals surface area contributed by atoms with Gasteiger partial charge in [0.05, 0.1) is 0 Å². The van der Waals surface area contributed by atoms with Crippen LogP contribution in [-0.2, 0) is 0 Å². The number of alkyl halides is 1. The molecule has 0 spiro atoms. The van der Waals surface area contributed by atoms with Crippen LogP contribution >= 0.6 is 11.6 Å². The highest BCUT2D eigenvalue weighted by atomic mass is 35.5. The van der Waals surface area contributed by atoms with Crippen LogP contribution in [0.2, 0.25) is 0 Å². The summed E-state index contributed by atoms with van der Waals surface area (Å²) in [6, 6.07) is 0.0374. The summed E-state index contributed by atoms with van der Waals surface area (Å²) in [6.45, 7) is 2.36. The summed E-state index contributed by atoms with van der Waals surface area (Å²) in [5, 5.41) is 2.76. The maximum Gasteiger partial charge on any atom is 0.317 e. The molecule has 1 aliphatic rings. The van der Waals surface area contributed by atoms with Gasteiger partial charge in [-0.15, -0.1) is 11.6 Å². The Bertz CT molecular complexity index is 146. The Balaban J connectivity index is 2.20. The number of piperidine rings is 1. The molecule has 0 aromatic carbocycles. The van der Waals surface area contributed by atoms with Crippen LogP contribution in [0.4, 0.5) is 4.79 Å². The van der Waals surface area contributed by atoms with E-state index in [1.54, 1.807) is 0 Å². The first-order valence-electron chi connectivity index (χ1n) is 4.43. The minimum Gasteiger partial charge on any atom is -0.337 e. The number of urea groups is 1. The van der Waals surface area contributed by atoms with Crippen molar-refractivity contribution >= 4 is 17.6 Å². The Morgan fingerprint density at radius 2 is 2.00 bits per heavy atom. The molecular weight excluding hydrogens is 176 g/mol. The molecule has 2 amide bonds. The van der Waals surface area contributed by atoms with Crippen LogP contribution in [0, 0.1) is 0 Å². The number of carbonyl (C=O) groups excluding carboxylic acids is 1. The van der Waals surface area contributed by atoms with Crippen LogP contribution in [0.25, 0.3) is 0 Å². The van der Waals surface area contributed by atoms with Crippen molar-refractivity contribution < 1.29 is 4.79 Å².